The summed E-state index contributed by atoms with van der Waals surface area (Å²) < 4.78 is 41.7. The molecule has 6 nitrogen and oxygen atoms in total. The van der Waals surface area contributed by atoms with E-state index < -0.39 is 24.2 Å². The van der Waals surface area contributed by atoms with E-state index >= 15 is 0 Å². The molecule has 1 heterocycles. The molecule has 0 unspecified atom stereocenters. The van der Waals surface area contributed by atoms with Crippen molar-refractivity contribution in [1.82, 2.24) is 10.6 Å². The van der Waals surface area contributed by atoms with Gasteiger partial charge in [0.15, 0.2) is 0 Å². The number of amides is 2. The molecule has 1 aromatic carbocycles. The van der Waals surface area contributed by atoms with Gasteiger partial charge < -0.3 is 20.7 Å². The van der Waals surface area contributed by atoms with Gasteiger partial charge in [-0.25, -0.2) is 0 Å². The highest BCUT2D eigenvalue weighted by molar-refractivity contribution is 5.98. The van der Waals surface area contributed by atoms with E-state index in [1.54, 1.807) is 5.32 Å². The van der Waals surface area contributed by atoms with Gasteiger partial charge in [0.25, 0.3) is 11.8 Å². The topological polar surface area (TPSA) is 79.5 Å². The quantitative estimate of drug-likeness (QED) is 0.713. The maximum Gasteiger partial charge on any atom is 0.405 e. The number of hydrogen-bond acceptors (Lipinski definition) is 4. The lowest BCUT2D eigenvalue weighted by Gasteiger charge is -2.34. The van der Waals surface area contributed by atoms with Crippen molar-refractivity contribution in [3.63, 3.8) is 0 Å². The molecule has 1 aliphatic heterocycles. The van der Waals surface area contributed by atoms with Crippen molar-refractivity contribution in [3.05, 3.63) is 29.8 Å². The van der Waals surface area contributed by atoms with Gasteiger partial charge >= 0.3 is 6.18 Å². The van der Waals surface area contributed by atoms with Crippen LogP contribution in [0.4, 0.5) is 18.9 Å². The molecule has 1 aromatic rings. The minimum Gasteiger partial charge on any atom is -0.368 e. The Morgan fingerprint density at radius 3 is 2.27 bits per heavy atom. The molecule has 2 amide bonds. The van der Waals surface area contributed by atoms with Crippen molar-refractivity contribution >= 4 is 29.9 Å². The van der Waals surface area contributed by atoms with Crippen LogP contribution in [0, 0.1) is 0 Å². The lowest BCUT2D eigenvalue weighted by molar-refractivity contribution is -0.140. The van der Waals surface area contributed by atoms with E-state index in [9.17, 15) is 22.8 Å². The van der Waals surface area contributed by atoms with Gasteiger partial charge in [0, 0.05) is 18.4 Å². The van der Waals surface area contributed by atoms with E-state index in [0.717, 1.165) is 0 Å². The van der Waals surface area contributed by atoms with Crippen molar-refractivity contribution in [3.8, 4) is 0 Å². The summed E-state index contributed by atoms with van der Waals surface area (Å²) >= 11 is 0. The van der Waals surface area contributed by atoms with Gasteiger partial charge in [0.05, 0.1) is 0 Å². The summed E-state index contributed by atoms with van der Waals surface area (Å²) in [6, 6.07) is 5.63. The summed E-state index contributed by atoms with van der Waals surface area (Å²) in [5.74, 6) is -1.12. The van der Waals surface area contributed by atoms with Crippen LogP contribution in [0.5, 0.6) is 0 Å². The van der Waals surface area contributed by atoms with E-state index in [0.29, 0.717) is 31.6 Å². The van der Waals surface area contributed by atoms with Gasteiger partial charge in [-0.2, -0.15) is 13.2 Å². The minimum absolute atomic E-state index is 0. The summed E-state index contributed by atoms with van der Waals surface area (Å²) in [5, 5.41) is 7.66. The average Bonchev–Trinajstić information content (AvgIpc) is 2.60. The molecule has 10 heteroatoms. The molecule has 2 rings (SSSR count). The van der Waals surface area contributed by atoms with Crippen LogP contribution in [-0.4, -0.2) is 50.3 Å². The Morgan fingerprint density at radius 1 is 1.19 bits per heavy atom. The predicted molar refractivity (Wildman–Crippen MR) is 92.6 cm³/mol. The number of rotatable bonds is 5. The monoisotopic (exact) mass is 395 g/mol. The highest BCUT2D eigenvalue weighted by Gasteiger charge is 2.39. The van der Waals surface area contributed by atoms with Gasteiger partial charge in [-0.1, -0.05) is 0 Å². The SMILES string of the molecule is COC1(C(=O)Nc2ccc(C(=O)NCC(F)(F)F)cc2)CCNCC1.Cl. The number of piperidine rings is 1. The molecule has 0 atom stereocenters. The second-order valence-electron chi connectivity index (χ2n) is 5.78. The predicted octanol–water partition coefficient (Wildman–Crippen LogP) is 2.11. The zero-order chi connectivity index (χ0) is 18.5. The number of ether oxygens (including phenoxy) is 1. The molecule has 0 aliphatic carbocycles. The van der Waals surface area contributed by atoms with Crippen LogP contribution in [-0.2, 0) is 9.53 Å². The second kappa shape index (κ2) is 9.20. The summed E-state index contributed by atoms with van der Waals surface area (Å²) in [7, 11) is 1.49. The molecule has 1 aliphatic rings. The Labute approximate surface area is 155 Å². The summed E-state index contributed by atoms with van der Waals surface area (Å²) in [6.45, 7) is -0.0616. The minimum atomic E-state index is -4.47. The van der Waals surface area contributed by atoms with Gasteiger partial charge in [-0.15, -0.1) is 12.4 Å². The normalized spacial score (nSPS) is 16.3. The smallest absolute Gasteiger partial charge is 0.368 e. The first-order valence-electron chi connectivity index (χ1n) is 7.78. The summed E-state index contributed by atoms with van der Waals surface area (Å²) in [6.07, 6.45) is -3.40. The number of carbonyl (C=O) groups excluding carboxylic acids is 2. The van der Waals surface area contributed by atoms with E-state index in [1.165, 1.54) is 31.4 Å². The average molecular weight is 396 g/mol. The number of hydrogen-bond donors (Lipinski definition) is 3. The largest absolute Gasteiger partial charge is 0.405 e. The number of carbonyl (C=O) groups is 2. The van der Waals surface area contributed by atoms with Crippen LogP contribution in [0.25, 0.3) is 0 Å². The second-order valence-corrected chi connectivity index (χ2v) is 5.78. The molecule has 0 spiro atoms. The van der Waals surface area contributed by atoms with Crippen LogP contribution >= 0.6 is 12.4 Å². The van der Waals surface area contributed by atoms with E-state index in [4.69, 9.17) is 4.74 Å². The van der Waals surface area contributed by atoms with Gasteiger partial charge in [0.2, 0.25) is 0 Å². The number of benzene rings is 1. The van der Waals surface area contributed by atoms with Crippen molar-refractivity contribution in [2.75, 3.05) is 32.1 Å². The number of alkyl halides is 3. The van der Waals surface area contributed by atoms with Crippen LogP contribution in [0.1, 0.15) is 23.2 Å². The van der Waals surface area contributed by atoms with Gasteiger partial charge in [0.1, 0.15) is 12.1 Å². The molecule has 0 bridgehead atoms. The van der Waals surface area contributed by atoms with Crippen molar-refractivity contribution in [2.45, 2.75) is 24.6 Å². The molecule has 146 valence electrons. The van der Waals surface area contributed by atoms with Crippen molar-refractivity contribution < 1.29 is 27.5 Å². The Morgan fingerprint density at radius 2 is 1.77 bits per heavy atom. The number of anilines is 1. The fourth-order valence-corrected chi connectivity index (χ4v) is 2.59. The zero-order valence-corrected chi connectivity index (χ0v) is 14.9. The Kier molecular flexibility index (Phi) is 7.86. The van der Waals surface area contributed by atoms with Crippen LogP contribution in [0.15, 0.2) is 24.3 Å². The number of nitrogens with one attached hydrogen (secondary N) is 3. The van der Waals surface area contributed by atoms with E-state index in [-0.39, 0.29) is 23.9 Å². The zero-order valence-electron chi connectivity index (χ0n) is 14.1. The number of methoxy groups -OCH3 is 1. The molecule has 0 radical (unpaired) electrons. The first kappa shape index (κ1) is 22.2. The third kappa shape index (κ3) is 5.86. The maximum absolute atomic E-state index is 12.5. The molecule has 0 saturated carbocycles. The van der Waals surface area contributed by atoms with Crippen molar-refractivity contribution in [2.24, 2.45) is 0 Å². The van der Waals surface area contributed by atoms with Gasteiger partial charge in [-0.05, 0) is 50.2 Å². The Hall–Kier alpha value is -1.84. The lowest BCUT2D eigenvalue weighted by Crippen LogP contribution is -2.51. The summed E-state index contributed by atoms with van der Waals surface area (Å²) in [4.78, 5) is 24.1. The third-order valence-electron chi connectivity index (χ3n) is 4.07. The molecule has 26 heavy (non-hydrogen) atoms. The Bertz CT molecular complexity index is 617. The fourth-order valence-electron chi connectivity index (χ4n) is 2.59. The van der Waals surface area contributed by atoms with E-state index in [2.05, 4.69) is 10.6 Å². The first-order valence-corrected chi connectivity index (χ1v) is 7.78. The molecule has 1 saturated heterocycles. The fraction of sp³-hybridized carbons (Fsp3) is 0.500. The van der Waals surface area contributed by atoms with E-state index in [1.807, 2.05) is 0 Å². The maximum atomic E-state index is 12.5. The molecular weight excluding hydrogens is 375 g/mol. The highest BCUT2D eigenvalue weighted by atomic mass is 35.5. The third-order valence-corrected chi connectivity index (χ3v) is 4.07. The summed E-state index contributed by atoms with van der Waals surface area (Å²) in [5.41, 5.74) is -0.397. The van der Waals surface area contributed by atoms with Crippen molar-refractivity contribution in [1.29, 1.82) is 0 Å². The van der Waals surface area contributed by atoms with Gasteiger partial charge in [-0.3, -0.25) is 9.59 Å². The van der Waals surface area contributed by atoms with Crippen LogP contribution in [0.2, 0.25) is 0 Å². The number of halogens is 4. The standard InChI is InChI=1S/C16H20F3N3O3.ClH/c1-25-15(6-8-20-9-7-15)14(24)22-12-4-2-11(3-5-12)13(23)21-10-16(17,18)19;/h2-5,20H,6-10H2,1H3,(H,21,23)(H,22,24);1H. The highest BCUT2D eigenvalue weighted by Crippen LogP contribution is 2.24. The molecular formula is C16H21ClF3N3O3. The lowest BCUT2D eigenvalue weighted by atomic mass is 9.91. The molecule has 1 fully saturated rings. The first-order chi connectivity index (χ1) is 11.8. The molecule has 3 N–H and O–H groups in total. The Balaban J connectivity index is 0.00000338. The molecule has 0 aromatic heterocycles. The van der Waals surface area contributed by atoms with Crippen LogP contribution in [0.3, 0.4) is 0 Å². The van der Waals surface area contributed by atoms with Crippen LogP contribution < -0.4 is 16.0 Å².